The first kappa shape index (κ1) is 16.3. The minimum atomic E-state index is 0.0933. The summed E-state index contributed by atoms with van der Waals surface area (Å²) in [5.41, 5.74) is 0.970. The van der Waals surface area contributed by atoms with Gasteiger partial charge in [0, 0.05) is 18.8 Å². The van der Waals surface area contributed by atoms with E-state index in [1.807, 2.05) is 23.1 Å². The smallest absolute Gasteiger partial charge is 0.318 e. The third-order valence-corrected chi connectivity index (χ3v) is 5.39. The Bertz CT molecular complexity index is 493. The van der Waals surface area contributed by atoms with E-state index in [4.69, 9.17) is 0 Å². The van der Waals surface area contributed by atoms with Crippen molar-refractivity contribution in [3.63, 3.8) is 0 Å². The zero-order chi connectivity index (χ0) is 16.1. The zero-order valence-corrected chi connectivity index (χ0v) is 14.2. The second-order valence-electron chi connectivity index (χ2n) is 7.16. The highest BCUT2D eigenvalue weighted by Crippen LogP contribution is 2.31. The monoisotopic (exact) mass is 315 g/mol. The summed E-state index contributed by atoms with van der Waals surface area (Å²) in [5, 5.41) is 3.19. The number of hydrogen-bond donors (Lipinski definition) is 1. The molecule has 1 N–H and O–H groups in total. The summed E-state index contributed by atoms with van der Waals surface area (Å²) in [6.07, 6.45) is 10.5. The Balaban J connectivity index is 1.47. The molecule has 0 aromatic carbocycles. The Hall–Kier alpha value is -1.58. The molecule has 2 aliphatic carbocycles. The maximum Gasteiger partial charge on any atom is 0.318 e. The first-order valence-electron chi connectivity index (χ1n) is 9.20. The number of pyridine rings is 1. The average Bonchev–Trinajstić information content (AvgIpc) is 3.44. The van der Waals surface area contributed by atoms with Gasteiger partial charge in [-0.2, -0.15) is 0 Å². The predicted molar refractivity (Wildman–Crippen MR) is 91.9 cm³/mol. The van der Waals surface area contributed by atoms with Crippen molar-refractivity contribution in [3.05, 3.63) is 30.1 Å². The van der Waals surface area contributed by atoms with Crippen LogP contribution in [0.25, 0.3) is 0 Å². The number of urea groups is 1. The minimum Gasteiger partial charge on any atom is -0.338 e. The molecule has 2 saturated carbocycles. The maximum atomic E-state index is 12.6. The Kier molecular flexibility index (Phi) is 5.52. The number of nitrogens with zero attached hydrogens (tertiary/aromatic N) is 2. The van der Waals surface area contributed by atoms with Gasteiger partial charge in [0.25, 0.3) is 0 Å². The van der Waals surface area contributed by atoms with Crippen molar-refractivity contribution < 1.29 is 4.79 Å². The fourth-order valence-corrected chi connectivity index (χ4v) is 3.60. The molecule has 2 fully saturated rings. The highest BCUT2D eigenvalue weighted by Gasteiger charge is 2.33. The van der Waals surface area contributed by atoms with Crippen LogP contribution in [0.3, 0.4) is 0 Å². The van der Waals surface area contributed by atoms with Gasteiger partial charge in [-0.15, -0.1) is 0 Å². The summed E-state index contributed by atoms with van der Waals surface area (Å²) in [4.78, 5) is 18.9. The second-order valence-corrected chi connectivity index (χ2v) is 7.16. The molecule has 0 saturated heterocycles. The van der Waals surface area contributed by atoms with E-state index in [2.05, 4.69) is 17.2 Å². The van der Waals surface area contributed by atoms with Crippen molar-refractivity contribution in [2.24, 2.45) is 11.8 Å². The average molecular weight is 315 g/mol. The van der Waals surface area contributed by atoms with E-state index < -0.39 is 0 Å². The summed E-state index contributed by atoms with van der Waals surface area (Å²) in [6, 6.07) is 6.40. The number of amides is 2. The first-order valence-corrected chi connectivity index (χ1v) is 9.20. The predicted octanol–water partition coefficient (Wildman–Crippen LogP) is 3.97. The Labute approximate surface area is 139 Å². The standard InChI is InChI=1S/C19H29N3O/c1-2-15-6-8-16(9-7-15)13-21-19(23)22(18-10-11-18)14-17-5-3-4-12-20-17/h3-5,12,15-16,18H,2,6-11,13-14H2,1H3,(H,21,23). The third kappa shape index (κ3) is 4.69. The van der Waals surface area contributed by atoms with Crippen LogP contribution in [-0.2, 0) is 6.54 Å². The van der Waals surface area contributed by atoms with Crippen LogP contribution in [0.1, 0.15) is 57.6 Å². The third-order valence-electron chi connectivity index (χ3n) is 5.39. The van der Waals surface area contributed by atoms with Gasteiger partial charge in [-0.05, 0) is 49.7 Å². The molecule has 1 aromatic heterocycles. The Morgan fingerprint density at radius 1 is 1.17 bits per heavy atom. The van der Waals surface area contributed by atoms with Crippen molar-refractivity contribution >= 4 is 6.03 Å². The van der Waals surface area contributed by atoms with E-state index in [9.17, 15) is 4.79 Å². The van der Waals surface area contributed by atoms with Gasteiger partial charge in [-0.3, -0.25) is 4.98 Å². The first-order chi connectivity index (χ1) is 11.3. The summed E-state index contributed by atoms with van der Waals surface area (Å²) < 4.78 is 0. The van der Waals surface area contributed by atoms with Gasteiger partial charge < -0.3 is 10.2 Å². The second kappa shape index (κ2) is 7.80. The number of aromatic nitrogens is 1. The largest absolute Gasteiger partial charge is 0.338 e. The maximum absolute atomic E-state index is 12.6. The van der Waals surface area contributed by atoms with Crippen LogP contribution in [-0.4, -0.2) is 28.5 Å². The van der Waals surface area contributed by atoms with Crippen LogP contribution >= 0.6 is 0 Å². The van der Waals surface area contributed by atoms with Crippen LogP contribution in [0.15, 0.2) is 24.4 Å². The van der Waals surface area contributed by atoms with Gasteiger partial charge in [0.2, 0.25) is 0 Å². The van der Waals surface area contributed by atoms with Crippen LogP contribution in [0.4, 0.5) is 4.79 Å². The van der Waals surface area contributed by atoms with Gasteiger partial charge in [0.1, 0.15) is 0 Å². The zero-order valence-electron chi connectivity index (χ0n) is 14.2. The van der Waals surface area contributed by atoms with E-state index in [0.29, 0.717) is 18.5 Å². The molecule has 0 aliphatic heterocycles. The number of carbonyl (C=O) groups excluding carboxylic acids is 1. The van der Waals surface area contributed by atoms with Crippen LogP contribution in [0.2, 0.25) is 0 Å². The lowest BCUT2D eigenvalue weighted by atomic mass is 9.81. The molecule has 0 radical (unpaired) electrons. The summed E-state index contributed by atoms with van der Waals surface area (Å²) in [7, 11) is 0. The highest BCUT2D eigenvalue weighted by atomic mass is 16.2. The van der Waals surface area contributed by atoms with Crippen LogP contribution < -0.4 is 5.32 Å². The van der Waals surface area contributed by atoms with Crippen molar-refractivity contribution in [3.8, 4) is 0 Å². The quantitative estimate of drug-likeness (QED) is 0.863. The molecule has 2 aliphatic rings. The molecule has 126 valence electrons. The molecule has 2 amide bonds. The topological polar surface area (TPSA) is 45.2 Å². The van der Waals surface area contributed by atoms with E-state index >= 15 is 0 Å². The van der Waals surface area contributed by atoms with Crippen LogP contribution in [0, 0.1) is 11.8 Å². The van der Waals surface area contributed by atoms with E-state index in [1.165, 1.54) is 32.1 Å². The molecule has 0 spiro atoms. The number of nitrogens with one attached hydrogen (secondary N) is 1. The minimum absolute atomic E-state index is 0.0933. The Morgan fingerprint density at radius 3 is 2.52 bits per heavy atom. The number of carbonyl (C=O) groups is 1. The molecule has 23 heavy (non-hydrogen) atoms. The Morgan fingerprint density at radius 2 is 1.91 bits per heavy atom. The lowest BCUT2D eigenvalue weighted by Gasteiger charge is -2.29. The van der Waals surface area contributed by atoms with Crippen molar-refractivity contribution in [1.29, 1.82) is 0 Å². The van der Waals surface area contributed by atoms with Crippen LogP contribution in [0.5, 0.6) is 0 Å². The van der Waals surface area contributed by atoms with E-state index in [0.717, 1.165) is 31.0 Å². The fourth-order valence-electron chi connectivity index (χ4n) is 3.60. The molecule has 1 heterocycles. The SMILES string of the molecule is CCC1CCC(CNC(=O)N(Cc2ccccn2)C2CC2)CC1. The summed E-state index contributed by atoms with van der Waals surface area (Å²) in [5.74, 6) is 1.58. The number of rotatable bonds is 6. The van der Waals surface area contributed by atoms with Gasteiger partial charge in [-0.25, -0.2) is 4.79 Å². The molecule has 1 aromatic rings. The summed E-state index contributed by atoms with van der Waals surface area (Å²) >= 11 is 0. The van der Waals surface area contributed by atoms with Crippen molar-refractivity contribution in [2.75, 3.05) is 6.54 Å². The molecule has 0 unspecified atom stereocenters. The highest BCUT2D eigenvalue weighted by molar-refractivity contribution is 5.74. The molecule has 4 heteroatoms. The van der Waals surface area contributed by atoms with Crippen molar-refractivity contribution in [2.45, 2.75) is 64.5 Å². The number of hydrogen-bond acceptors (Lipinski definition) is 2. The molecule has 0 bridgehead atoms. The molecular weight excluding hydrogens is 286 g/mol. The van der Waals surface area contributed by atoms with E-state index in [-0.39, 0.29) is 6.03 Å². The van der Waals surface area contributed by atoms with Gasteiger partial charge in [0.05, 0.1) is 12.2 Å². The lowest BCUT2D eigenvalue weighted by Crippen LogP contribution is -2.43. The van der Waals surface area contributed by atoms with Gasteiger partial charge in [-0.1, -0.05) is 32.3 Å². The molecular formula is C19H29N3O. The normalized spacial score (nSPS) is 24.2. The molecule has 3 rings (SSSR count). The fraction of sp³-hybridized carbons (Fsp3) is 0.684. The van der Waals surface area contributed by atoms with Gasteiger partial charge in [0.15, 0.2) is 0 Å². The molecule has 4 nitrogen and oxygen atoms in total. The van der Waals surface area contributed by atoms with Crippen molar-refractivity contribution in [1.82, 2.24) is 15.2 Å². The lowest BCUT2D eigenvalue weighted by molar-refractivity contribution is 0.185. The summed E-state index contributed by atoms with van der Waals surface area (Å²) in [6.45, 7) is 3.75. The van der Waals surface area contributed by atoms with E-state index in [1.54, 1.807) is 6.20 Å². The van der Waals surface area contributed by atoms with Gasteiger partial charge >= 0.3 is 6.03 Å². The molecule has 0 atom stereocenters.